The maximum atomic E-state index is 14.1. The molecule has 88 heavy (non-hydrogen) atoms. The number of rotatable bonds is 24. The minimum atomic E-state index is -5.08. The second-order valence-electron chi connectivity index (χ2n) is 18.7. The predicted octanol–water partition coefficient (Wildman–Crippen LogP) is 2.21. The topological polar surface area (TPSA) is 408 Å². The molecule has 0 spiro atoms. The predicted molar refractivity (Wildman–Crippen MR) is 320 cm³/mol. The molecule has 0 saturated carbocycles. The molecular formula is C58H80F6N10O14. The van der Waals surface area contributed by atoms with Gasteiger partial charge in [-0.05, 0) is 85.3 Å². The third-order valence-corrected chi connectivity index (χ3v) is 12.0. The van der Waals surface area contributed by atoms with Crippen LogP contribution < -0.4 is 43.4 Å². The lowest BCUT2D eigenvalue weighted by Crippen LogP contribution is -2.53. The van der Waals surface area contributed by atoms with Crippen LogP contribution in [0.15, 0.2) is 133 Å². The molecule has 0 bridgehead atoms. The Labute approximate surface area is 504 Å². The number of hydrogen-bond donors (Lipinski definition) is 11. The molecular weight excluding hydrogens is 1170 g/mol. The van der Waals surface area contributed by atoms with Crippen molar-refractivity contribution in [2.45, 2.75) is 96.8 Å². The highest BCUT2D eigenvalue weighted by Crippen LogP contribution is 2.23. The fourth-order valence-electron chi connectivity index (χ4n) is 7.71. The van der Waals surface area contributed by atoms with E-state index in [4.69, 9.17) is 21.4 Å². The van der Waals surface area contributed by atoms with Crippen LogP contribution in [0.5, 0.6) is 11.5 Å². The number of anilines is 2. The number of nitrogens with one attached hydrogen (secondary N) is 6. The van der Waals surface area contributed by atoms with Crippen LogP contribution in [-0.2, 0) is 68.8 Å². The van der Waals surface area contributed by atoms with E-state index in [0.29, 0.717) is 22.3 Å². The smallest absolute Gasteiger partial charge is 0.490 e. The molecule has 0 fully saturated rings. The number of hydrogen-bond acceptors (Lipinski definition) is 13. The summed E-state index contributed by atoms with van der Waals surface area (Å²) in [6.45, 7) is 1.96. The lowest BCUT2D eigenvalue weighted by atomic mass is 10.0. The number of nitrogens with zero attached hydrogens (tertiary/aromatic N) is 2. The summed E-state index contributed by atoms with van der Waals surface area (Å²) in [5.41, 5.74) is 15.3. The zero-order valence-corrected chi connectivity index (χ0v) is 46.8. The molecule has 0 heterocycles. The molecule has 0 aliphatic carbocycles. The number of carbonyl (C=O) groups is 9. The molecule has 24 nitrogen and oxygen atoms in total. The standard InChI is InChI=1S/C54H64N10O10.C2HF3O2.2CH4.3FH.2H2O/c1-33(57-49(69)41(55)27-37-19-23-39(65)24-20-37)53(73)63(3)31-47(67)59-45(29-35-13-7-5-8-14-35)51(71)61-43-17-11-12-18-44(43)62-52(72)46(30-36-15-9-6-10-16-36)60-48(68)32-64(4)54(74)34(2)58-50(70)42(56)28-38-21-25-40(66)26-22-38;3-2(4,5)1(6)7;;;;;;;/h5-26,33-34,41-42,45-46,65-66H,27-32,55-56H2,1-4H3,(H,57,69)(H,58,70)(H,59,67)(H,60,68)(H,61,71)(H,62,72);(H,6,7);2*1H4;3*1H;2*1H2/t33-,34-,41-,42-,45-,46+;;;;;;;;/m1......../s1. The summed E-state index contributed by atoms with van der Waals surface area (Å²) in [5.74, 6) is -7.69. The molecule has 5 aromatic carbocycles. The van der Waals surface area contributed by atoms with Crippen LogP contribution >= 0.6 is 0 Å². The summed E-state index contributed by atoms with van der Waals surface area (Å²) in [4.78, 5) is 119. The number of alkyl halides is 3. The number of phenolic OH excluding ortho intramolecular Hbond substituents is 2. The SMILES string of the molecule is C.C.C[C@@H](NC(=O)[C@H](N)Cc1ccc(O)cc1)C(=O)N(C)CC(=O)N[C@@H](Cc1ccccc1)C(=O)Nc1ccccc1NC(=O)[C@@H](Cc1ccccc1)NC(=O)CN(C)C(=O)[C@@H](C)NC(=O)[C@H](N)Cc1ccc(O)cc1.F.F.F.O.O.O=C(O)C(F)(F)F. The number of carboxylic acid groups (broad SMARTS) is 1. The van der Waals surface area contributed by atoms with E-state index in [0.717, 1.165) is 9.80 Å². The van der Waals surface area contributed by atoms with Gasteiger partial charge in [0.15, 0.2) is 0 Å². The van der Waals surface area contributed by atoms with Crippen LogP contribution in [0.25, 0.3) is 0 Å². The van der Waals surface area contributed by atoms with Crippen molar-refractivity contribution in [2.24, 2.45) is 11.5 Å². The van der Waals surface area contributed by atoms with Gasteiger partial charge in [0.2, 0.25) is 47.3 Å². The molecule has 8 amide bonds. The third-order valence-electron chi connectivity index (χ3n) is 12.0. The van der Waals surface area contributed by atoms with Crippen molar-refractivity contribution >= 4 is 64.6 Å². The second-order valence-corrected chi connectivity index (χ2v) is 18.7. The molecule has 488 valence electrons. The van der Waals surface area contributed by atoms with Gasteiger partial charge in [0, 0.05) is 26.9 Å². The molecule has 6 atom stereocenters. The van der Waals surface area contributed by atoms with E-state index in [9.17, 15) is 61.7 Å². The third kappa shape index (κ3) is 28.5. The Morgan fingerprint density at radius 3 is 1.02 bits per heavy atom. The average Bonchev–Trinajstić information content (AvgIpc) is 3.42. The van der Waals surface area contributed by atoms with Gasteiger partial charge in [-0.1, -0.05) is 112 Å². The van der Waals surface area contributed by atoms with Gasteiger partial charge < -0.3 is 79.4 Å². The number of aliphatic carboxylic acids is 1. The molecule has 5 aromatic rings. The largest absolute Gasteiger partial charge is 0.508 e. The van der Waals surface area contributed by atoms with Crippen molar-refractivity contribution in [3.63, 3.8) is 0 Å². The van der Waals surface area contributed by atoms with Gasteiger partial charge in [0.1, 0.15) is 35.7 Å². The normalized spacial score (nSPS) is 12.1. The summed E-state index contributed by atoms with van der Waals surface area (Å²) in [7, 11) is 2.75. The Bertz CT molecular complexity index is 2790. The molecule has 5 rings (SSSR count). The molecule has 0 aromatic heterocycles. The first-order valence-electron chi connectivity index (χ1n) is 25.1. The van der Waals surface area contributed by atoms with E-state index >= 15 is 0 Å². The van der Waals surface area contributed by atoms with Crippen LogP contribution in [0.4, 0.5) is 38.7 Å². The average molecular weight is 1260 g/mol. The number of carbonyl (C=O) groups excluding carboxylic acids is 8. The number of aromatic hydroxyl groups is 2. The van der Waals surface area contributed by atoms with E-state index in [2.05, 4.69) is 31.9 Å². The summed E-state index contributed by atoms with van der Waals surface area (Å²) in [5, 5.41) is 42.4. The summed E-state index contributed by atoms with van der Waals surface area (Å²) in [6.07, 6.45) is -4.71. The number of benzene rings is 5. The number of carboxylic acids is 1. The first-order chi connectivity index (χ1) is 38.2. The highest BCUT2D eigenvalue weighted by atomic mass is 19.4. The van der Waals surface area contributed by atoms with Gasteiger partial charge in [-0.2, -0.15) is 13.2 Å². The Hall–Kier alpha value is -9.65. The van der Waals surface area contributed by atoms with Crippen LogP contribution in [-0.4, -0.2) is 159 Å². The molecule has 0 aliphatic heterocycles. The number of para-hydroxylation sites is 2. The molecule has 0 aliphatic rings. The molecule has 0 radical (unpaired) electrons. The first-order valence-corrected chi connectivity index (χ1v) is 25.1. The highest BCUT2D eigenvalue weighted by molar-refractivity contribution is 6.05. The van der Waals surface area contributed by atoms with Crippen LogP contribution in [0, 0.1) is 0 Å². The number of likely N-dealkylation sites (N-methyl/N-ethyl adjacent to an activating group) is 2. The zero-order valence-electron chi connectivity index (χ0n) is 46.8. The van der Waals surface area contributed by atoms with Crippen LogP contribution in [0.2, 0.25) is 0 Å². The van der Waals surface area contributed by atoms with Gasteiger partial charge in [0.25, 0.3) is 0 Å². The lowest BCUT2D eigenvalue weighted by molar-refractivity contribution is -0.192. The van der Waals surface area contributed by atoms with Crippen LogP contribution in [0.1, 0.15) is 51.0 Å². The van der Waals surface area contributed by atoms with Crippen molar-refractivity contribution in [1.29, 1.82) is 0 Å². The summed E-state index contributed by atoms with van der Waals surface area (Å²) >= 11 is 0. The van der Waals surface area contributed by atoms with E-state index in [-0.39, 0.29) is 88.5 Å². The van der Waals surface area contributed by atoms with Crippen molar-refractivity contribution < 1.29 is 96.7 Å². The van der Waals surface area contributed by atoms with E-state index in [1.54, 1.807) is 109 Å². The van der Waals surface area contributed by atoms with Gasteiger partial charge in [-0.25, -0.2) is 4.79 Å². The van der Waals surface area contributed by atoms with Crippen LogP contribution in [0.3, 0.4) is 0 Å². The van der Waals surface area contributed by atoms with E-state index in [1.807, 2.05) is 0 Å². The summed E-state index contributed by atoms with van der Waals surface area (Å²) in [6, 6.07) is 30.0. The summed E-state index contributed by atoms with van der Waals surface area (Å²) < 4.78 is 31.7. The van der Waals surface area contributed by atoms with Crippen molar-refractivity contribution in [3.8, 4) is 11.5 Å². The fraction of sp³-hybridized carbons (Fsp3) is 0.328. The van der Waals surface area contributed by atoms with Crippen molar-refractivity contribution in [3.05, 3.63) is 156 Å². The van der Waals surface area contributed by atoms with Gasteiger partial charge in [-0.15, -0.1) is 0 Å². The number of amides is 8. The highest BCUT2D eigenvalue weighted by Gasteiger charge is 2.38. The maximum Gasteiger partial charge on any atom is 0.490 e. The lowest BCUT2D eigenvalue weighted by Gasteiger charge is -2.25. The number of nitrogens with two attached hydrogens (primary N) is 2. The van der Waals surface area contributed by atoms with E-state index in [1.165, 1.54) is 52.2 Å². The van der Waals surface area contributed by atoms with Gasteiger partial charge in [-0.3, -0.25) is 52.5 Å². The molecule has 0 saturated heterocycles. The fourth-order valence-corrected chi connectivity index (χ4v) is 7.71. The second kappa shape index (κ2) is 40.6. The minimum absolute atomic E-state index is 0. The van der Waals surface area contributed by atoms with E-state index < -0.39 is 109 Å². The Balaban J connectivity index is -0.00000237. The Morgan fingerprint density at radius 2 is 0.739 bits per heavy atom. The minimum Gasteiger partial charge on any atom is -0.508 e. The number of phenols is 2. The van der Waals surface area contributed by atoms with Crippen molar-refractivity contribution in [1.82, 2.24) is 31.1 Å². The Morgan fingerprint density at radius 1 is 0.466 bits per heavy atom. The molecule has 30 heteroatoms. The van der Waals surface area contributed by atoms with Gasteiger partial charge >= 0.3 is 12.1 Å². The maximum absolute atomic E-state index is 14.1. The molecule has 0 unspecified atom stereocenters. The quantitative estimate of drug-likeness (QED) is 0.0395. The number of halogens is 6. The Kier molecular flexibility index (Phi) is 39.1. The van der Waals surface area contributed by atoms with Gasteiger partial charge in [0.05, 0.1) is 36.5 Å². The monoisotopic (exact) mass is 1250 g/mol. The molecule has 17 N–H and O–H groups in total. The first kappa shape index (κ1) is 84.8. The zero-order chi connectivity index (χ0) is 60.0. The van der Waals surface area contributed by atoms with Crippen molar-refractivity contribution in [2.75, 3.05) is 37.8 Å².